The molecule has 0 aliphatic carbocycles. The van der Waals surface area contributed by atoms with Gasteiger partial charge in [-0.15, -0.1) is 0 Å². The lowest BCUT2D eigenvalue weighted by Crippen LogP contribution is -2.45. The van der Waals surface area contributed by atoms with Gasteiger partial charge < -0.3 is 19.1 Å². The summed E-state index contributed by atoms with van der Waals surface area (Å²) in [6, 6.07) is 0. The van der Waals surface area contributed by atoms with E-state index in [1.54, 1.807) is 7.11 Å². The Kier molecular flexibility index (Phi) is 16.7. The molecule has 0 spiro atoms. The Bertz CT molecular complexity index is 443. The maximum atomic E-state index is 12.6. The fourth-order valence-electron chi connectivity index (χ4n) is 3.00. The highest BCUT2D eigenvalue weighted by atomic mass is 32.2. The van der Waals surface area contributed by atoms with Crippen molar-refractivity contribution < 1.29 is 28.7 Å². The molecule has 0 aliphatic heterocycles. The van der Waals surface area contributed by atoms with E-state index < -0.39 is 5.97 Å². The van der Waals surface area contributed by atoms with Crippen LogP contribution in [0.3, 0.4) is 0 Å². The minimum absolute atomic E-state index is 0.0748. The van der Waals surface area contributed by atoms with Crippen molar-refractivity contribution in [1.29, 1.82) is 0 Å². The lowest BCUT2D eigenvalue weighted by atomic mass is 9.93. The van der Waals surface area contributed by atoms with Crippen LogP contribution in [0.1, 0.15) is 52.4 Å². The molecule has 1 N–H and O–H groups in total. The SMILES string of the molecule is COCCCCC(CCCSCC[N+](C)(C)CC(=O)O)C(=O)COCCC(C)C. The molecule has 1 unspecified atom stereocenters. The first kappa shape index (κ1) is 28.4. The van der Waals surface area contributed by atoms with E-state index in [2.05, 4.69) is 13.8 Å². The number of nitrogens with zero attached hydrogens (tertiary/aromatic N) is 1. The molecular formula is C22H44NO5S+. The Balaban J connectivity index is 4.18. The van der Waals surface area contributed by atoms with E-state index in [0.29, 0.717) is 17.0 Å². The predicted octanol–water partition coefficient (Wildman–Crippen LogP) is 3.73. The third kappa shape index (κ3) is 17.9. The summed E-state index contributed by atoms with van der Waals surface area (Å²) in [6.07, 6.45) is 5.79. The number of unbranched alkanes of at least 4 members (excludes halogenated alkanes) is 1. The van der Waals surface area contributed by atoms with Crippen LogP contribution in [0.15, 0.2) is 0 Å². The Morgan fingerprint density at radius 1 is 1.00 bits per heavy atom. The van der Waals surface area contributed by atoms with E-state index in [0.717, 1.165) is 63.2 Å². The number of carbonyl (C=O) groups excluding carboxylic acids is 1. The molecule has 0 rings (SSSR count). The summed E-state index contributed by atoms with van der Waals surface area (Å²) in [4.78, 5) is 23.5. The van der Waals surface area contributed by atoms with Gasteiger partial charge in [-0.2, -0.15) is 11.8 Å². The lowest BCUT2D eigenvalue weighted by Gasteiger charge is -2.27. The van der Waals surface area contributed by atoms with Crippen LogP contribution in [0.4, 0.5) is 0 Å². The van der Waals surface area contributed by atoms with Crippen molar-refractivity contribution in [3.8, 4) is 0 Å². The van der Waals surface area contributed by atoms with Gasteiger partial charge in [0.2, 0.25) is 0 Å². The van der Waals surface area contributed by atoms with Crippen LogP contribution >= 0.6 is 11.8 Å². The molecule has 29 heavy (non-hydrogen) atoms. The van der Waals surface area contributed by atoms with Gasteiger partial charge in [0, 0.05) is 32.0 Å². The molecule has 172 valence electrons. The van der Waals surface area contributed by atoms with Gasteiger partial charge in [-0.3, -0.25) is 4.79 Å². The van der Waals surface area contributed by atoms with E-state index >= 15 is 0 Å². The van der Waals surface area contributed by atoms with Crippen LogP contribution in [0, 0.1) is 11.8 Å². The highest BCUT2D eigenvalue weighted by Gasteiger charge is 2.20. The van der Waals surface area contributed by atoms with E-state index in [1.807, 2.05) is 25.9 Å². The number of ketones is 1. The highest BCUT2D eigenvalue weighted by Crippen LogP contribution is 2.19. The Labute approximate surface area is 182 Å². The second-order valence-electron chi connectivity index (χ2n) is 8.85. The average molecular weight is 435 g/mol. The quantitative estimate of drug-likeness (QED) is 0.233. The monoisotopic (exact) mass is 434 g/mol. The molecule has 0 aromatic carbocycles. The number of aliphatic carboxylic acids is 1. The summed E-state index contributed by atoms with van der Waals surface area (Å²) in [7, 11) is 5.60. The number of hydrogen-bond donors (Lipinski definition) is 1. The maximum Gasteiger partial charge on any atom is 0.359 e. The summed E-state index contributed by atoms with van der Waals surface area (Å²) >= 11 is 1.85. The summed E-state index contributed by atoms with van der Waals surface area (Å²) in [5.74, 6) is 2.08. The summed E-state index contributed by atoms with van der Waals surface area (Å²) < 4.78 is 11.2. The molecule has 0 radical (unpaired) electrons. The van der Waals surface area contributed by atoms with Gasteiger partial charge in [0.1, 0.15) is 6.61 Å². The van der Waals surface area contributed by atoms with Crippen molar-refractivity contribution in [2.45, 2.75) is 52.4 Å². The van der Waals surface area contributed by atoms with Gasteiger partial charge in [-0.25, -0.2) is 4.79 Å². The fourth-order valence-corrected chi connectivity index (χ4v) is 4.20. The zero-order valence-electron chi connectivity index (χ0n) is 19.3. The van der Waals surface area contributed by atoms with Crippen LogP contribution in [0.25, 0.3) is 0 Å². The van der Waals surface area contributed by atoms with Crippen molar-refractivity contribution in [3.05, 3.63) is 0 Å². The number of methoxy groups -OCH3 is 1. The van der Waals surface area contributed by atoms with Crippen LogP contribution in [-0.2, 0) is 19.1 Å². The number of likely N-dealkylation sites (N-methyl/N-ethyl adjacent to an activating group) is 1. The number of thioether (sulfide) groups is 1. The van der Waals surface area contributed by atoms with E-state index in [9.17, 15) is 9.59 Å². The van der Waals surface area contributed by atoms with E-state index in [-0.39, 0.29) is 24.9 Å². The summed E-state index contributed by atoms with van der Waals surface area (Å²) in [5, 5.41) is 8.94. The predicted molar refractivity (Wildman–Crippen MR) is 121 cm³/mol. The first-order valence-corrected chi connectivity index (χ1v) is 12.0. The molecule has 1 atom stereocenters. The lowest BCUT2D eigenvalue weighted by molar-refractivity contribution is -0.880. The summed E-state index contributed by atoms with van der Waals surface area (Å²) in [5.41, 5.74) is 0. The number of rotatable bonds is 20. The second-order valence-corrected chi connectivity index (χ2v) is 10.1. The van der Waals surface area contributed by atoms with Crippen molar-refractivity contribution in [2.24, 2.45) is 11.8 Å². The standard InChI is InChI=1S/C22H43NO5S/c1-19(2)11-14-28-18-21(24)20(9-6-7-13-27-5)10-8-15-29-16-12-23(3,4)17-22(25)26/h19-20H,6-18H2,1-5H3/p+1. The summed E-state index contributed by atoms with van der Waals surface area (Å²) in [6.45, 7) is 6.92. The Morgan fingerprint density at radius 3 is 2.31 bits per heavy atom. The molecule has 7 heteroatoms. The first-order valence-electron chi connectivity index (χ1n) is 10.9. The second kappa shape index (κ2) is 17.1. The third-order valence-electron chi connectivity index (χ3n) is 4.94. The minimum atomic E-state index is -0.759. The molecule has 0 saturated heterocycles. The zero-order valence-corrected chi connectivity index (χ0v) is 20.1. The fraction of sp³-hybridized carbons (Fsp3) is 0.909. The molecule has 0 heterocycles. The third-order valence-corrected chi connectivity index (χ3v) is 5.98. The molecule has 0 amide bonds. The Hall–Kier alpha value is -0.630. The van der Waals surface area contributed by atoms with Gasteiger partial charge in [0.25, 0.3) is 0 Å². The number of ether oxygens (including phenoxy) is 2. The van der Waals surface area contributed by atoms with Gasteiger partial charge in [-0.1, -0.05) is 20.3 Å². The normalized spacial score (nSPS) is 13.0. The van der Waals surface area contributed by atoms with Crippen LogP contribution in [0.5, 0.6) is 0 Å². The molecule has 0 saturated carbocycles. The van der Waals surface area contributed by atoms with Gasteiger partial charge >= 0.3 is 5.97 Å². The molecule has 0 aliphatic rings. The average Bonchev–Trinajstić information content (AvgIpc) is 2.61. The smallest absolute Gasteiger partial charge is 0.359 e. The first-order chi connectivity index (χ1) is 13.7. The molecule has 0 aromatic heterocycles. The largest absolute Gasteiger partial charge is 0.477 e. The number of carboxylic acid groups (broad SMARTS) is 1. The number of Topliss-reactive ketones (excluding diaryl/α,β-unsaturated/α-hetero) is 1. The minimum Gasteiger partial charge on any atom is -0.477 e. The van der Waals surface area contributed by atoms with Crippen molar-refractivity contribution in [3.63, 3.8) is 0 Å². The number of hydrogen-bond acceptors (Lipinski definition) is 5. The highest BCUT2D eigenvalue weighted by molar-refractivity contribution is 7.99. The van der Waals surface area contributed by atoms with Crippen molar-refractivity contribution in [1.82, 2.24) is 0 Å². The molecule has 0 fully saturated rings. The molecular weight excluding hydrogens is 390 g/mol. The van der Waals surface area contributed by atoms with Crippen LogP contribution in [-0.4, -0.2) is 87.0 Å². The van der Waals surface area contributed by atoms with Gasteiger partial charge in [0.05, 0.1) is 20.6 Å². The number of carboxylic acids is 1. The molecule has 6 nitrogen and oxygen atoms in total. The van der Waals surface area contributed by atoms with Gasteiger partial charge in [0.15, 0.2) is 12.3 Å². The topological polar surface area (TPSA) is 72.8 Å². The molecule has 0 bridgehead atoms. The van der Waals surface area contributed by atoms with Gasteiger partial charge in [-0.05, 0) is 43.8 Å². The van der Waals surface area contributed by atoms with Crippen molar-refractivity contribution in [2.75, 3.05) is 65.6 Å². The number of quaternary nitrogens is 1. The number of carbonyl (C=O) groups is 2. The Morgan fingerprint density at radius 2 is 1.69 bits per heavy atom. The van der Waals surface area contributed by atoms with Crippen LogP contribution < -0.4 is 0 Å². The van der Waals surface area contributed by atoms with E-state index in [4.69, 9.17) is 14.6 Å². The molecule has 0 aromatic rings. The maximum absolute atomic E-state index is 12.6. The zero-order chi connectivity index (χ0) is 22.1. The van der Waals surface area contributed by atoms with Crippen LogP contribution in [0.2, 0.25) is 0 Å². The van der Waals surface area contributed by atoms with Crippen molar-refractivity contribution >= 4 is 23.5 Å². The van der Waals surface area contributed by atoms with E-state index in [1.165, 1.54) is 0 Å².